The Hall–Kier alpha value is -2.95. The molecular formula is C15H22N6O5. The van der Waals surface area contributed by atoms with Crippen LogP contribution < -0.4 is 21.3 Å². The van der Waals surface area contributed by atoms with Crippen LogP contribution in [0.3, 0.4) is 0 Å². The fraction of sp³-hybridized carbons (Fsp3) is 0.533. The summed E-state index contributed by atoms with van der Waals surface area (Å²) in [6, 6.07) is -1.23. The molecule has 26 heavy (non-hydrogen) atoms. The summed E-state index contributed by atoms with van der Waals surface area (Å²) in [6.07, 6.45) is 4.77. The van der Waals surface area contributed by atoms with Gasteiger partial charge in [0.25, 0.3) is 0 Å². The van der Waals surface area contributed by atoms with E-state index in [-0.39, 0.29) is 24.9 Å². The largest absolute Gasteiger partial charge is 0.480 e. The monoisotopic (exact) mass is 366 g/mol. The van der Waals surface area contributed by atoms with Crippen LogP contribution in [0.25, 0.3) is 0 Å². The summed E-state index contributed by atoms with van der Waals surface area (Å²) in [5.41, 5.74) is 0.653. The molecular weight excluding hydrogens is 344 g/mol. The molecule has 11 nitrogen and oxygen atoms in total. The van der Waals surface area contributed by atoms with Crippen LogP contribution >= 0.6 is 0 Å². The third kappa shape index (κ3) is 6.16. The number of rotatable bonds is 9. The third-order valence-electron chi connectivity index (χ3n) is 3.85. The summed E-state index contributed by atoms with van der Waals surface area (Å²) < 4.78 is 0. The fourth-order valence-electron chi connectivity index (χ4n) is 2.53. The van der Waals surface area contributed by atoms with Crippen molar-refractivity contribution in [3.8, 4) is 0 Å². The molecule has 0 saturated carbocycles. The smallest absolute Gasteiger partial charge is 0.322 e. The van der Waals surface area contributed by atoms with Gasteiger partial charge in [0, 0.05) is 18.3 Å². The summed E-state index contributed by atoms with van der Waals surface area (Å²) in [5, 5.41) is 18.8. The molecule has 142 valence electrons. The second kappa shape index (κ2) is 9.51. The molecule has 1 aromatic rings. The number of carbonyl (C=O) groups excluding carboxylic acids is 3. The number of imidazole rings is 1. The average Bonchev–Trinajstić information content (AvgIpc) is 3.30. The van der Waals surface area contributed by atoms with Crippen LogP contribution in [0.4, 0.5) is 0 Å². The van der Waals surface area contributed by atoms with Gasteiger partial charge >= 0.3 is 5.97 Å². The lowest BCUT2D eigenvalue weighted by molar-refractivity contribution is -0.138. The van der Waals surface area contributed by atoms with Crippen LogP contribution in [0.2, 0.25) is 0 Å². The van der Waals surface area contributed by atoms with E-state index in [2.05, 4.69) is 31.2 Å². The molecule has 0 aromatic carbocycles. The van der Waals surface area contributed by atoms with Gasteiger partial charge in [-0.2, -0.15) is 0 Å². The van der Waals surface area contributed by atoms with Crippen LogP contribution in [0, 0.1) is 0 Å². The zero-order valence-corrected chi connectivity index (χ0v) is 14.1. The molecule has 0 spiro atoms. The summed E-state index contributed by atoms with van der Waals surface area (Å²) in [6.45, 7) is -0.168. The zero-order chi connectivity index (χ0) is 18.9. The van der Waals surface area contributed by atoms with Crippen LogP contribution in [-0.2, 0) is 25.6 Å². The highest BCUT2D eigenvalue weighted by Crippen LogP contribution is 2.06. The lowest BCUT2D eigenvalue weighted by Crippen LogP contribution is -2.53. The molecule has 3 amide bonds. The number of aliphatic carboxylic acids is 1. The Kier molecular flexibility index (Phi) is 7.09. The number of carbonyl (C=O) groups is 4. The molecule has 1 aliphatic rings. The minimum absolute atomic E-state index is 0.182. The molecule has 1 fully saturated rings. The van der Waals surface area contributed by atoms with Crippen LogP contribution in [0.1, 0.15) is 18.5 Å². The van der Waals surface area contributed by atoms with Crippen molar-refractivity contribution in [2.45, 2.75) is 31.3 Å². The summed E-state index contributed by atoms with van der Waals surface area (Å²) in [4.78, 5) is 53.3. The molecule has 6 N–H and O–H groups in total. The number of aromatic nitrogens is 2. The number of carboxylic acid groups (broad SMARTS) is 1. The van der Waals surface area contributed by atoms with E-state index in [1.54, 1.807) is 6.20 Å². The number of nitrogens with one attached hydrogen (secondary N) is 5. The highest BCUT2D eigenvalue weighted by atomic mass is 16.4. The highest BCUT2D eigenvalue weighted by molar-refractivity contribution is 5.92. The van der Waals surface area contributed by atoms with Gasteiger partial charge in [0.2, 0.25) is 17.7 Å². The normalized spacial score (nSPS) is 17.3. The third-order valence-corrected chi connectivity index (χ3v) is 3.85. The van der Waals surface area contributed by atoms with Gasteiger partial charge in [0.05, 0.1) is 18.9 Å². The first-order chi connectivity index (χ1) is 12.5. The van der Waals surface area contributed by atoms with Gasteiger partial charge in [-0.3, -0.25) is 19.2 Å². The number of nitrogens with zero attached hydrogens (tertiary/aromatic N) is 1. The van der Waals surface area contributed by atoms with Crippen LogP contribution in [0.15, 0.2) is 12.5 Å². The number of hydrogen-bond donors (Lipinski definition) is 6. The fourth-order valence-corrected chi connectivity index (χ4v) is 2.53. The maximum Gasteiger partial charge on any atom is 0.322 e. The van der Waals surface area contributed by atoms with E-state index >= 15 is 0 Å². The van der Waals surface area contributed by atoms with Crippen LogP contribution in [-0.4, -0.2) is 70.5 Å². The SMILES string of the molecule is O=C(O)CNC(=O)CNC(=O)[C@H](Cc1cnc[nH]1)NC(=O)[C@@H]1CCCN1. The van der Waals surface area contributed by atoms with Gasteiger partial charge in [-0.15, -0.1) is 0 Å². The Morgan fingerprint density at radius 3 is 2.69 bits per heavy atom. The minimum atomic E-state index is -1.18. The van der Waals surface area contributed by atoms with Gasteiger partial charge in [0.1, 0.15) is 12.6 Å². The average molecular weight is 366 g/mol. The lowest BCUT2D eigenvalue weighted by Gasteiger charge is -2.20. The Morgan fingerprint density at radius 1 is 1.27 bits per heavy atom. The molecule has 2 atom stereocenters. The molecule has 0 radical (unpaired) electrons. The summed E-state index contributed by atoms with van der Waals surface area (Å²) in [7, 11) is 0. The van der Waals surface area contributed by atoms with Crippen molar-refractivity contribution in [3.63, 3.8) is 0 Å². The Bertz CT molecular complexity index is 641. The zero-order valence-electron chi connectivity index (χ0n) is 14.1. The predicted octanol–water partition coefficient (Wildman–Crippen LogP) is -2.49. The quantitative estimate of drug-likeness (QED) is 0.281. The van der Waals surface area contributed by atoms with Crippen molar-refractivity contribution in [1.29, 1.82) is 0 Å². The van der Waals surface area contributed by atoms with E-state index in [1.807, 2.05) is 0 Å². The number of H-pyrrole nitrogens is 1. The van der Waals surface area contributed by atoms with E-state index in [9.17, 15) is 19.2 Å². The van der Waals surface area contributed by atoms with E-state index < -0.39 is 30.4 Å². The lowest BCUT2D eigenvalue weighted by atomic mass is 10.1. The van der Waals surface area contributed by atoms with Gasteiger partial charge in [-0.1, -0.05) is 0 Å². The van der Waals surface area contributed by atoms with E-state index in [1.165, 1.54) is 6.33 Å². The van der Waals surface area contributed by atoms with Gasteiger partial charge in [0.15, 0.2) is 0 Å². The molecule has 2 heterocycles. The molecule has 1 aliphatic heterocycles. The number of aromatic amines is 1. The van der Waals surface area contributed by atoms with E-state index in [4.69, 9.17) is 5.11 Å². The second-order valence-electron chi connectivity index (χ2n) is 5.88. The minimum Gasteiger partial charge on any atom is -0.480 e. The van der Waals surface area contributed by atoms with Crippen molar-refractivity contribution >= 4 is 23.7 Å². The van der Waals surface area contributed by atoms with Gasteiger partial charge in [-0.25, -0.2) is 4.98 Å². The summed E-state index contributed by atoms with van der Waals surface area (Å²) in [5.74, 6) is -2.64. The summed E-state index contributed by atoms with van der Waals surface area (Å²) >= 11 is 0. The van der Waals surface area contributed by atoms with E-state index in [0.29, 0.717) is 12.1 Å². The maximum atomic E-state index is 12.4. The molecule has 11 heteroatoms. The Balaban J connectivity index is 1.90. The molecule has 0 aliphatic carbocycles. The second-order valence-corrected chi connectivity index (χ2v) is 5.88. The first-order valence-electron chi connectivity index (χ1n) is 8.23. The highest BCUT2D eigenvalue weighted by Gasteiger charge is 2.28. The molecule has 0 bridgehead atoms. The topological polar surface area (TPSA) is 165 Å². The number of carboxylic acids is 1. The molecule has 1 aromatic heterocycles. The van der Waals surface area contributed by atoms with Gasteiger partial charge < -0.3 is 31.4 Å². The number of hydrogen-bond acceptors (Lipinski definition) is 6. The van der Waals surface area contributed by atoms with Crippen molar-refractivity contribution < 1.29 is 24.3 Å². The Morgan fingerprint density at radius 2 is 2.08 bits per heavy atom. The van der Waals surface area contributed by atoms with Gasteiger partial charge in [-0.05, 0) is 19.4 Å². The predicted molar refractivity (Wildman–Crippen MR) is 88.9 cm³/mol. The maximum absolute atomic E-state index is 12.4. The van der Waals surface area contributed by atoms with E-state index in [0.717, 1.165) is 13.0 Å². The standard InChI is InChI=1S/C15H22N6O5/c22-12(18-7-13(23)24)6-19-14(25)11(4-9-5-16-8-20-9)21-15(26)10-2-1-3-17-10/h5,8,10-11,17H,1-4,6-7H2,(H,16,20)(H,18,22)(H,19,25)(H,21,26)(H,23,24)/t10-,11-/m0/s1. The van der Waals surface area contributed by atoms with Crippen LogP contribution in [0.5, 0.6) is 0 Å². The van der Waals surface area contributed by atoms with Crippen molar-refractivity contribution in [2.75, 3.05) is 19.6 Å². The van der Waals surface area contributed by atoms with Crippen molar-refractivity contribution in [2.24, 2.45) is 0 Å². The number of amides is 3. The molecule has 2 rings (SSSR count). The first-order valence-corrected chi connectivity index (χ1v) is 8.23. The molecule has 0 unspecified atom stereocenters. The van der Waals surface area contributed by atoms with Crippen molar-refractivity contribution in [3.05, 3.63) is 18.2 Å². The molecule has 1 saturated heterocycles. The Labute approximate surface area is 149 Å². The van der Waals surface area contributed by atoms with Crippen molar-refractivity contribution in [1.82, 2.24) is 31.2 Å². The first kappa shape index (κ1) is 19.4.